The maximum Gasteiger partial charge on any atom is 0.217 e. The number of amides is 2. The van der Waals surface area contributed by atoms with Crippen LogP contribution < -0.4 is 10.6 Å². The molecule has 16 nitrogen and oxygen atoms in total. The van der Waals surface area contributed by atoms with Gasteiger partial charge in [0, 0.05) is 32.9 Å². The van der Waals surface area contributed by atoms with E-state index in [1.54, 1.807) is 0 Å². The van der Waals surface area contributed by atoms with Crippen LogP contribution >= 0.6 is 0 Å². The molecule has 0 aliphatic carbocycles. The van der Waals surface area contributed by atoms with Crippen LogP contribution in [0.1, 0.15) is 55.7 Å². The van der Waals surface area contributed by atoms with Gasteiger partial charge in [0.05, 0.1) is 45.2 Å². The van der Waals surface area contributed by atoms with E-state index in [4.69, 9.17) is 52.1 Å². The Kier molecular flexibility index (Phi) is 17.2. The fraction of sp³-hybridized carbons (Fsp3) is 0.490. The molecule has 4 aromatic carbocycles. The van der Waals surface area contributed by atoms with Crippen molar-refractivity contribution in [1.29, 1.82) is 0 Å². The van der Waals surface area contributed by atoms with Gasteiger partial charge in [-0.3, -0.25) is 9.59 Å². The third kappa shape index (κ3) is 12.7. The third-order valence-corrected chi connectivity index (χ3v) is 12.3. The number of aliphatic hydroxyl groups excluding tert-OH is 1. The van der Waals surface area contributed by atoms with Gasteiger partial charge in [-0.15, -0.1) is 0 Å². The van der Waals surface area contributed by atoms with Crippen LogP contribution in [0.15, 0.2) is 121 Å². The lowest BCUT2D eigenvalue weighted by molar-refractivity contribution is -0.386. The van der Waals surface area contributed by atoms with E-state index < -0.39 is 98.1 Å². The molecule has 2 amide bonds. The Bertz CT molecular complexity index is 2130. The van der Waals surface area contributed by atoms with Gasteiger partial charge in [0.2, 0.25) is 11.8 Å². The van der Waals surface area contributed by atoms with Gasteiger partial charge in [0.25, 0.3) is 0 Å². The van der Waals surface area contributed by atoms with Crippen molar-refractivity contribution in [2.75, 3.05) is 20.3 Å². The summed E-state index contributed by atoms with van der Waals surface area (Å²) in [6.45, 7) is 5.46. The van der Waals surface area contributed by atoms with Crippen molar-refractivity contribution in [2.24, 2.45) is 0 Å². The van der Waals surface area contributed by atoms with E-state index in [0.717, 1.165) is 22.3 Å². The number of carbonyl (C=O) groups excluding carboxylic acids is 2. The molecule has 4 aromatic rings. The normalized spacial score (nSPS) is 33.0. The number of fused-ring (bicyclic) bond motifs is 1. The Morgan fingerprint density at radius 1 is 0.642 bits per heavy atom. The van der Waals surface area contributed by atoms with Crippen molar-refractivity contribution in [3.05, 3.63) is 144 Å². The molecule has 4 aliphatic rings. The first-order valence-corrected chi connectivity index (χ1v) is 22.9. The minimum absolute atomic E-state index is 0.0133. The summed E-state index contributed by atoms with van der Waals surface area (Å²) < 4.78 is 71.8. The number of rotatable bonds is 18. The van der Waals surface area contributed by atoms with Crippen molar-refractivity contribution in [1.82, 2.24) is 10.6 Å². The van der Waals surface area contributed by atoms with Gasteiger partial charge in [-0.05, 0) is 23.6 Å². The van der Waals surface area contributed by atoms with Crippen LogP contribution in [0.4, 0.5) is 0 Å². The van der Waals surface area contributed by atoms with Crippen molar-refractivity contribution in [2.45, 2.75) is 139 Å². The van der Waals surface area contributed by atoms with Crippen molar-refractivity contribution < 1.29 is 66.8 Å². The van der Waals surface area contributed by atoms with E-state index in [2.05, 4.69) is 10.6 Å². The maximum atomic E-state index is 13.3. The Morgan fingerprint density at radius 3 is 1.79 bits per heavy atom. The average molecular weight is 927 g/mol. The minimum atomic E-state index is -1.28. The Morgan fingerprint density at radius 2 is 1.19 bits per heavy atom. The highest BCUT2D eigenvalue weighted by Gasteiger charge is 2.56. The number of aliphatic hydroxyl groups is 1. The highest BCUT2D eigenvalue weighted by molar-refractivity contribution is 5.73. The number of hydrogen-bond acceptors (Lipinski definition) is 14. The summed E-state index contributed by atoms with van der Waals surface area (Å²) in [4.78, 5) is 26.2. The van der Waals surface area contributed by atoms with Gasteiger partial charge in [-0.25, -0.2) is 0 Å². The predicted molar refractivity (Wildman–Crippen MR) is 240 cm³/mol. The lowest BCUT2D eigenvalue weighted by Gasteiger charge is -2.52. The van der Waals surface area contributed by atoms with E-state index in [1.165, 1.54) is 21.0 Å². The second kappa shape index (κ2) is 23.6. The Labute approximate surface area is 391 Å². The standard InChI is InChI=1S/C51H62N2O14/c1-31-39(59-27-35-19-11-6-12-20-35)25-38(56)49(62-31)67-47-43(53-33(3)55)51(64-41-30-61-48(65-45(41)47)37-23-15-8-16-24-37)66-44-40(29-58-26-34-17-9-5-10-18-34)63-50(57-4)42(52-32(2)54)46(44)60-28-36-21-13-7-14-22-36/h5-24,31,38-51,56H,25-30H2,1-4H3,(H,52,54)(H,53,55)/t31-,38+,39+,40-,41-,42-,43-,44-,45+,46-,47-,48+,49+,50-,51+/m1/s1. The first-order chi connectivity index (χ1) is 32.6. The minimum Gasteiger partial charge on any atom is -0.388 e. The lowest BCUT2D eigenvalue weighted by Crippen LogP contribution is -2.71. The number of ether oxygens (including phenoxy) is 11. The Balaban J connectivity index is 1.11. The number of methoxy groups -OCH3 is 1. The molecule has 0 bridgehead atoms. The zero-order chi connectivity index (χ0) is 46.7. The fourth-order valence-electron chi connectivity index (χ4n) is 8.99. The number of benzene rings is 4. The van der Waals surface area contributed by atoms with E-state index in [-0.39, 0.29) is 38.8 Å². The molecule has 67 heavy (non-hydrogen) atoms. The molecule has 4 fully saturated rings. The fourth-order valence-corrected chi connectivity index (χ4v) is 8.99. The van der Waals surface area contributed by atoms with Gasteiger partial charge in [-0.2, -0.15) is 0 Å². The first-order valence-electron chi connectivity index (χ1n) is 22.9. The smallest absolute Gasteiger partial charge is 0.217 e. The average Bonchev–Trinajstić information content (AvgIpc) is 3.34. The summed E-state index contributed by atoms with van der Waals surface area (Å²) in [5.74, 6) is -0.760. The molecule has 4 saturated heterocycles. The van der Waals surface area contributed by atoms with Gasteiger partial charge in [0.1, 0.15) is 54.8 Å². The largest absolute Gasteiger partial charge is 0.388 e. The van der Waals surface area contributed by atoms with E-state index in [1.807, 2.05) is 128 Å². The van der Waals surface area contributed by atoms with Crippen LogP contribution in [0.25, 0.3) is 0 Å². The van der Waals surface area contributed by atoms with Crippen LogP contribution in [0, 0.1) is 0 Å². The molecular weight excluding hydrogens is 865 g/mol. The van der Waals surface area contributed by atoms with Gasteiger partial charge in [-0.1, -0.05) is 121 Å². The molecular formula is C51H62N2O14. The highest BCUT2D eigenvalue weighted by atomic mass is 16.8. The summed E-state index contributed by atoms with van der Waals surface area (Å²) in [7, 11) is 1.49. The van der Waals surface area contributed by atoms with Gasteiger partial charge < -0.3 is 67.8 Å². The van der Waals surface area contributed by atoms with E-state index >= 15 is 0 Å². The molecule has 0 spiro atoms. The monoisotopic (exact) mass is 926 g/mol. The molecule has 0 aromatic heterocycles. The second-order valence-corrected chi connectivity index (χ2v) is 17.3. The number of carbonyl (C=O) groups is 2. The second-order valence-electron chi connectivity index (χ2n) is 17.3. The molecule has 3 N–H and O–H groups in total. The first kappa shape index (κ1) is 48.8. The van der Waals surface area contributed by atoms with Crippen LogP contribution in [0.3, 0.4) is 0 Å². The SMILES string of the molecule is CO[C@@H]1O[C@H](COCc2ccccc2)[C@@H](O[C@@H]2O[C@@H]3CO[C@H](c4ccccc4)O[C@@H]3[C@H](O[C@@H]3O[C@H](C)[C@@H](OCc4ccccc4)C[C@@H]3O)[C@H]2NC(C)=O)[C@H](OCc2ccccc2)[C@H]1NC(C)=O. The molecule has 8 rings (SSSR count). The van der Waals surface area contributed by atoms with Crippen molar-refractivity contribution >= 4 is 11.8 Å². The molecule has 4 heterocycles. The van der Waals surface area contributed by atoms with Gasteiger partial charge >= 0.3 is 0 Å². The molecule has 16 heteroatoms. The summed E-state index contributed by atoms with van der Waals surface area (Å²) in [5, 5.41) is 17.7. The summed E-state index contributed by atoms with van der Waals surface area (Å²) in [6.07, 6.45) is -11.6. The molecule has 0 unspecified atom stereocenters. The van der Waals surface area contributed by atoms with E-state index in [0.29, 0.717) is 6.61 Å². The predicted octanol–water partition coefficient (Wildman–Crippen LogP) is 4.86. The van der Waals surface area contributed by atoms with Crippen LogP contribution in [-0.2, 0) is 81.5 Å². The van der Waals surface area contributed by atoms with Crippen molar-refractivity contribution in [3.8, 4) is 0 Å². The zero-order valence-corrected chi connectivity index (χ0v) is 38.2. The maximum absolute atomic E-state index is 13.3. The molecule has 0 radical (unpaired) electrons. The Hall–Kier alpha value is -4.66. The third-order valence-electron chi connectivity index (χ3n) is 12.3. The van der Waals surface area contributed by atoms with Gasteiger partial charge in [0.15, 0.2) is 25.2 Å². The quantitative estimate of drug-likeness (QED) is 0.123. The summed E-state index contributed by atoms with van der Waals surface area (Å²) in [6, 6.07) is 36.6. The number of hydrogen-bond donors (Lipinski definition) is 3. The molecule has 0 saturated carbocycles. The summed E-state index contributed by atoms with van der Waals surface area (Å²) >= 11 is 0. The lowest BCUT2D eigenvalue weighted by atomic mass is 9.93. The zero-order valence-electron chi connectivity index (χ0n) is 38.2. The van der Waals surface area contributed by atoms with Crippen LogP contribution in [0.5, 0.6) is 0 Å². The topological polar surface area (TPSA) is 180 Å². The molecule has 360 valence electrons. The van der Waals surface area contributed by atoms with Crippen LogP contribution in [0.2, 0.25) is 0 Å². The summed E-state index contributed by atoms with van der Waals surface area (Å²) in [5.41, 5.74) is 3.58. The highest BCUT2D eigenvalue weighted by Crippen LogP contribution is 2.39. The van der Waals surface area contributed by atoms with Crippen LogP contribution in [-0.4, -0.2) is 123 Å². The number of nitrogens with one attached hydrogen (secondary N) is 2. The molecule has 4 aliphatic heterocycles. The van der Waals surface area contributed by atoms with E-state index in [9.17, 15) is 14.7 Å². The van der Waals surface area contributed by atoms with Crippen molar-refractivity contribution in [3.63, 3.8) is 0 Å². The molecule has 15 atom stereocenters.